The largest absolute Gasteiger partial charge is 0.310 e. The van der Waals surface area contributed by atoms with Gasteiger partial charge in [-0.25, -0.2) is 0 Å². The quantitative estimate of drug-likeness (QED) is 0.161. The van der Waals surface area contributed by atoms with Crippen LogP contribution in [-0.4, -0.2) is 0 Å². The highest BCUT2D eigenvalue weighted by molar-refractivity contribution is 5.92. The Morgan fingerprint density at radius 3 is 1.24 bits per heavy atom. The average molecular weight is 896 g/mol. The van der Waals surface area contributed by atoms with E-state index in [1.165, 1.54) is 100 Å². The minimum Gasteiger partial charge on any atom is -0.310 e. The number of rotatable bonds is 6. The van der Waals surface area contributed by atoms with Crippen LogP contribution < -0.4 is 4.90 Å². The number of hydrogen-bond donors (Lipinski definition) is 0. The fourth-order valence-corrected chi connectivity index (χ4v) is 13.7. The molecular formula is C69H53N. The minimum absolute atomic E-state index is 0.0232. The van der Waals surface area contributed by atoms with Crippen molar-refractivity contribution < 1.29 is 0 Å². The highest BCUT2D eigenvalue weighted by Crippen LogP contribution is 2.64. The van der Waals surface area contributed by atoms with E-state index in [-0.39, 0.29) is 16.2 Å². The Morgan fingerprint density at radius 2 is 0.657 bits per heavy atom. The van der Waals surface area contributed by atoms with Crippen LogP contribution in [0, 0.1) is 0 Å². The third-order valence-corrected chi connectivity index (χ3v) is 17.1. The molecule has 1 fully saturated rings. The molecule has 10 aromatic rings. The molecule has 0 saturated heterocycles. The molecule has 0 radical (unpaired) electrons. The molecule has 0 N–H and O–H groups in total. The van der Waals surface area contributed by atoms with Gasteiger partial charge in [0.05, 0.1) is 5.69 Å². The molecule has 10 aromatic carbocycles. The number of para-hydroxylation sites is 1. The van der Waals surface area contributed by atoms with E-state index < -0.39 is 0 Å². The van der Waals surface area contributed by atoms with Crippen molar-refractivity contribution in [3.05, 3.63) is 270 Å². The molecule has 1 nitrogen and oxygen atoms in total. The number of hydrogen-bond acceptors (Lipinski definition) is 1. The average Bonchev–Trinajstić information content (AvgIpc) is 3.95. The maximum atomic E-state index is 2.57. The monoisotopic (exact) mass is 895 g/mol. The molecule has 0 amide bonds. The van der Waals surface area contributed by atoms with Gasteiger partial charge in [-0.3, -0.25) is 0 Å². The maximum Gasteiger partial charge on any atom is 0.0540 e. The number of benzene rings is 10. The van der Waals surface area contributed by atoms with E-state index in [2.05, 4.69) is 255 Å². The second-order valence-corrected chi connectivity index (χ2v) is 20.8. The van der Waals surface area contributed by atoms with Gasteiger partial charge in [-0.15, -0.1) is 0 Å². The van der Waals surface area contributed by atoms with Crippen LogP contribution in [0.5, 0.6) is 0 Å². The van der Waals surface area contributed by atoms with Crippen molar-refractivity contribution in [2.24, 2.45) is 0 Å². The zero-order chi connectivity index (χ0) is 46.6. The number of fused-ring (bicyclic) bond motifs is 13. The molecule has 0 bridgehead atoms. The van der Waals surface area contributed by atoms with Crippen LogP contribution in [0.15, 0.2) is 237 Å². The van der Waals surface area contributed by atoms with Crippen LogP contribution in [0.4, 0.5) is 17.1 Å². The molecule has 70 heavy (non-hydrogen) atoms. The predicted molar refractivity (Wildman–Crippen MR) is 292 cm³/mol. The summed E-state index contributed by atoms with van der Waals surface area (Å²) < 4.78 is 0. The lowest BCUT2D eigenvalue weighted by Crippen LogP contribution is -2.39. The third kappa shape index (κ3) is 5.97. The van der Waals surface area contributed by atoms with Crippen LogP contribution >= 0.6 is 0 Å². The fraction of sp³-hybridized carbons (Fsp3) is 0.130. The lowest BCUT2D eigenvalue weighted by atomic mass is 9.57. The van der Waals surface area contributed by atoms with Gasteiger partial charge in [-0.1, -0.05) is 208 Å². The van der Waals surface area contributed by atoms with Gasteiger partial charge in [-0.2, -0.15) is 0 Å². The molecule has 4 aliphatic carbocycles. The lowest BCUT2D eigenvalue weighted by molar-refractivity contribution is 0.265. The number of anilines is 3. The summed E-state index contributed by atoms with van der Waals surface area (Å²) in [7, 11) is 0. The zero-order valence-electron chi connectivity index (χ0n) is 39.8. The van der Waals surface area contributed by atoms with Gasteiger partial charge < -0.3 is 4.90 Å². The van der Waals surface area contributed by atoms with Crippen molar-refractivity contribution in [3.8, 4) is 66.8 Å². The minimum atomic E-state index is -0.116. The summed E-state index contributed by atoms with van der Waals surface area (Å²) in [6.45, 7) is 4.75. The topological polar surface area (TPSA) is 3.24 Å². The van der Waals surface area contributed by atoms with Gasteiger partial charge in [0.15, 0.2) is 0 Å². The second kappa shape index (κ2) is 15.5. The Morgan fingerprint density at radius 1 is 0.271 bits per heavy atom. The summed E-state index contributed by atoms with van der Waals surface area (Å²) in [6.07, 6.45) is 4.41. The molecule has 0 atom stereocenters. The molecular weight excluding hydrogens is 843 g/mol. The zero-order valence-corrected chi connectivity index (χ0v) is 39.8. The van der Waals surface area contributed by atoms with Crippen LogP contribution in [0.25, 0.3) is 66.8 Å². The number of nitrogens with zero attached hydrogens (tertiary/aromatic N) is 1. The van der Waals surface area contributed by atoms with Crippen molar-refractivity contribution in [3.63, 3.8) is 0 Å². The summed E-state index contributed by atoms with van der Waals surface area (Å²) >= 11 is 0. The first-order valence-electron chi connectivity index (χ1n) is 25.3. The van der Waals surface area contributed by atoms with Gasteiger partial charge in [-0.05, 0) is 163 Å². The summed E-state index contributed by atoms with van der Waals surface area (Å²) in [5, 5.41) is 0. The first-order chi connectivity index (χ1) is 34.4. The van der Waals surface area contributed by atoms with Crippen LogP contribution in [-0.2, 0) is 16.2 Å². The SMILES string of the molecule is CC1(C)c2ccccc2-c2ccc(N(c3ccc(-c4ccc5c(c4)C4(CCC6(CC4)c4ccccc4-c4ccccc46)c4cc(-c6ccccc6)ccc4-5)cc3)c3ccccc3-c3ccccc3)cc21. The van der Waals surface area contributed by atoms with Gasteiger partial charge in [0, 0.05) is 33.2 Å². The molecule has 1 heteroatoms. The first-order valence-corrected chi connectivity index (χ1v) is 25.3. The Hall–Kier alpha value is -8.00. The standard InChI is InChI=1S/C69H53N/c1-67(2)60-25-13-9-22-54(60)57-38-35-52(45-63(57)67)70(66-28-16-12-21-53(66)48-19-7-4-8-20-48)51-33-29-47(30-34-51)50-32-37-59-58-36-31-49(46-17-5-3-6-18-46)43-64(58)69(65(59)44-50)41-39-68(40-42-69)61-26-14-10-23-55(61)56-24-11-15-27-62(56)68/h3-38,43-45H,39-42H2,1-2H3. The van der Waals surface area contributed by atoms with Crippen molar-refractivity contribution >= 4 is 17.1 Å². The van der Waals surface area contributed by atoms with E-state index in [1.807, 2.05) is 0 Å². The maximum absolute atomic E-state index is 2.57. The molecule has 1 saturated carbocycles. The lowest BCUT2D eigenvalue weighted by Gasteiger charge is -2.45. The van der Waals surface area contributed by atoms with E-state index >= 15 is 0 Å². The Balaban J connectivity index is 0.877. The predicted octanol–water partition coefficient (Wildman–Crippen LogP) is 18.3. The summed E-state index contributed by atoms with van der Waals surface area (Å²) in [5.41, 5.74) is 27.8. The molecule has 0 heterocycles. The van der Waals surface area contributed by atoms with Crippen LogP contribution in [0.3, 0.4) is 0 Å². The highest BCUT2D eigenvalue weighted by atomic mass is 15.1. The summed E-state index contributed by atoms with van der Waals surface area (Å²) in [4.78, 5) is 2.47. The molecule has 4 aliphatic rings. The van der Waals surface area contributed by atoms with E-state index in [0.29, 0.717) is 0 Å². The van der Waals surface area contributed by atoms with Crippen LogP contribution in [0.2, 0.25) is 0 Å². The summed E-state index contributed by atoms with van der Waals surface area (Å²) in [6, 6.07) is 89.3. The van der Waals surface area contributed by atoms with Crippen molar-refractivity contribution in [1.29, 1.82) is 0 Å². The Labute approximate surface area is 412 Å². The Bertz CT molecular complexity index is 3630. The van der Waals surface area contributed by atoms with Gasteiger partial charge in [0.1, 0.15) is 0 Å². The second-order valence-electron chi connectivity index (χ2n) is 20.8. The van der Waals surface area contributed by atoms with E-state index in [9.17, 15) is 0 Å². The molecule has 14 rings (SSSR count). The van der Waals surface area contributed by atoms with Gasteiger partial charge >= 0.3 is 0 Å². The first kappa shape index (κ1) is 41.0. The van der Waals surface area contributed by atoms with E-state index in [1.54, 1.807) is 0 Å². The normalized spacial score (nSPS) is 15.7. The molecule has 0 unspecified atom stereocenters. The van der Waals surface area contributed by atoms with Crippen LogP contribution in [0.1, 0.15) is 72.9 Å². The summed E-state index contributed by atoms with van der Waals surface area (Å²) in [5.74, 6) is 0. The smallest absolute Gasteiger partial charge is 0.0540 e. The van der Waals surface area contributed by atoms with Crippen molar-refractivity contribution in [2.45, 2.75) is 55.8 Å². The van der Waals surface area contributed by atoms with Crippen molar-refractivity contribution in [2.75, 3.05) is 4.90 Å². The van der Waals surface area contributed by atoms with Gasteiger partial charge in [0.25, 0.3) is 0 Å². The molecule has 2 spiro atoms. The van der Waals surface area contributed by atoms with Crippen molar-refractivity contribution in [1.82, 2.24) is 0 Å². The van der Waals surface area contributed by atoms with Gasteiger partial charge in [0.2, 0.25) is 0 Å². The Kier molecular flexibility index (Phi) is 9.09. The molecule has 0 aromatic heterocycles. The highest BCUT2D eigenvalue weighted by Gasteiger charge is 2.53. The fourth-order valence-electron chi connectivity index (χ4n) is 13.7. The van der Waals surface area contributed by atoms with E-state index in [0.717, 1.165) is 42.7 Å². The third-order valence-electron chi connectivity index (χ3n) is 17.1. The molecule has 334 valence electrons. The van der Waals surface area contributed by atoms with E-state index in [4.69, 9.17) is 0 Å². The molecule has 0 aliphatic heterocycles.